The number of carbonyl (C=O) groups is 1. The van der Waals surface area contributed by atoms with Crippen LogP contribution in [-0.2, 0) is 6.18 Å². The average molecular weight is 387 g/mol. The van der Waals surface area contributed by atoms with Gasteiger partial charge in [-0.05, 0) is 24.3 Å². The van der Waals surface area contributed by atoms with Gasteiger partial charge in [0.15, 0.2) is 0 Å². The molecule has 1 N–H and O–H groups in total. The first kappa shape index (κ1) is 19.3. The molecule has 0 aliphatic carbocycles. The summed E-state index contributed by atoms with van der Waals surface area (Å²) in [7, 11) is 0. The molecule has 0 aliphatic rings. The molecule has 0 bridgehead atoms. The Labute approximate surface area is 159 Å². The van der Waals surface area contributed by atoms with E-state index in [0.29, 0.717) is 5.69 Å². The van der Waals surface area contributed by atoms with Crippen molar-refractivity contribution in [2.75, 3.05) is 13.2 Å². The summed E-state index contributed by atoms with van der Waals surface area (Å²) in [6.07, 6.45) is -4.50. The number of nitrogens with one attached hydrogen (secondary N) is 1. The molecule has 144 valence electrons. The third-order valence-electron chi connectivity index (χ3n) is 3.80. The van der Waals surface area contributed by atoms with Gasteiger partial charge in [-0.1, -0.05) is 36.4 Å². The zero-order valence-electron chi connectivity index (χ0n) is 14.6. The molecule has 1 aromatic heterocycles. The van der Waals surface area contributed by atoms with Crippen LogP contribution in [0.15, 0.2) is 66.7 Å². The number of amides is 1. The average Bonchev–Trinajstić information content (AvgIpc) is 2.71. The van der Waals surface area contributed by atoms with Crippen molar-refractivity contribution >= 4 is 5.91 Å². The van der Waals surface area contributed by atoms with E-state index in [1.165, 1.54) is 12.1 Å². The highest BCUT2D eigenvalue weighted by molar-refractivity contribution is 5.94. The Balaban J connectivity index is 1.49. The molecule has 0 atom stereocenters. The lowest BCUT2D eigenvalue weighted by Gasteiger charge is -2.10. The van der Waals surface area contributed by atoms with Gasteiger partial charge in [-0.2, -0.15) is 13.2 Å². The molecule has 0 unspecified atom stereocenters. The Morgan fingerprint density at radius 1 is 0.964 bits per heavy atom. The third-order valence-corrected chi connectivity index (χ3v) is 3.80. The van der Waals surface area contributed by atoms with Crippen LogP contribution < -0.4 is 10.1 Å². The first-order valence-corrected chi connectivity index (χ1v) is 8.41. The van der Waals surface area contributed by atoms with Crippen LogP contribution in [0.3, 0.4) is 0 Å². The van der Waals surface area contributed by atoms with Crippen LogP contribution in [0.2, 0.25) is 0 Å². The van der Waals surface area contributed by atoms with Crippen LogP contribution in [0.4, 0.5) is 13.2 Å². The van der Waals surface area contributed by atoms with E-state index in [9.17, 15) is 18.0 Å². The van der Waals surface area contributed by atoms with Gasteiger partial charge in [0.1, 0.15) is 6.61 Å². The van der Waals surface area contributed by atoms with Gasteiger partial charge in [0.25, 0.3) is 5.91 Å². The first-order valence-electron chi connectivity index (χ1n) is 8.41. The fourth-order valence-electron chi connectivity index (χ4n) is 2.42. The number of aromatic nitrogens is 2. The minimum Gasteiger partial charge on any atom is -0.475 e. The lowest BCUT2D eigenvalue weighted by molar-refractivity contribution is -0.137. The van der Waals surface area contributed by atoms with Crippen molar-refractivity contribution < 1.29 is 22.7 Å². The Kier molecular flexibility index (Phi) is 5.88. The number of hydrogen-bond donors (Lipinski definition) is 1. The van der Waals surface area contributed by atoms with Gasteiger partial charge in [-0.25, -0.2) is 0 Å². The summed E-state index contributed by atoms with van der Waals surface area (Å²) in [5.41, 5.74) is 0.688. The molecular formula is C20H16F3N3O2. The number of rotatable bonds is 6. The minimum absolute atomic E-state index is 0.0677. The largest absolute Gasteiger partial charge is 0.475 e. The highest BCUT2D eigenvalue weighted by atomic mass is 19.4. The van der Waals surface area contributed by atoms with Gasteiger partial charge in [0.05, 0.1) is 17.8 Å². The molecule has 1 heterocycles. The normalized spacial score (nSPS) is 11.1. The summed E-state index contributed by atoms with van der Waals surface area (Å²) in [6.45, 7) is 0.210. The Morgan fingerprint density at radius 3 is 2.43 bits per heavy atom. The van der Waals surface area contributed by atoms with Gasteiger partial charge < -0.3 is 10.1 Å². The maximum Gasteiger partial charge on any atom is 0.416 e. The second kappa shape index (κ2) is 8.51. The summed E-state index contributed by atoms with van der Waals surface area (Å²) < 4.78 is 43.5. The van der Waals surface area contributed by atoms with E-state index >= 15 is 0 Å². The maximum atomic E-state index is 12.7. The zero-order chi connectivity index (χ0) is 20.0. The van der Waals surface area contributed by atoms with Crippen molar-refractivity contribution in [3.8, 4) is 17.1 Å². The minimum atomic E-state index is -4.50. The molecule has 0 radical (unpaired) electrons. The van der Waals surface area contributed by atoms with Crippen molar-refractivity contribution in [2.45, 2.75) is 6.18 Å². The molecule has 5 nitrogen and oxygen atoms in total. The topological polar surface area (TPSA) is 64.1 Å². The van der Waals surface area contributed by atoms with Crippen molar-refractivity contribution in [2.24, 2.45) is 0 Å². The highest BCUT2D eigenvalue weighted by Crippen LogP contribution is 2.29. The lowest BCUT2D eigenvalue weighted by atomic mass is 10.1. The molecule has 0 aliphatic heterocycles. The van der Waals surface area contributed by atoms with E-state index in [2.05, 4.69) is 15.5 Å². The fourth-order valence-corrected chi connectivity index (χ4v) is 2.42. The molecular weight excluding hydrogens is 371 g/mol. The number of alkyl halides is 3. The standard InChI is InChI=1S/C20H16F3N3O2/c21-20(22,23)16-8-4-7-15(13-16)19(27)24-11-12-28-18-10-9-17(25-26-18)14-5-2-1-3-6-14/h1-10,13H,11-12H2,(H,24,27). The number of halogens is 3. The van der Waals surface area contributed by atoms with Crippen LogP contribution in [0.1, 0.15) is 15.9 Å². The van der Waals surface area contributed by atoms with Crippen molar-refractivity contribution in [3.63, 3.8) is 0 Å². The quantitative estimate of drug-likeness (QED) is 0.650. The Bertz CT molecular complexity index is 929. The molecule has 28 heavy (non-hydrogen) atoms. The van der Waals surface area contributed by atoms with Gasteiger partial charge in [-0.3, -0.25) is 4.79 Å². The summed E-state index contributed by atoms with van der Waals surface area (Å²) in [5, 5.41) is 10.5. The summed E-state index contributed by atoms with van der Waals surface area (Å²) in [4.78, 5) is 12.0. The molecule has 0 saturated carbocycles. The van der Waals surface area contributed by atoms with Crippen molar-refractivity contribution in [3.05, 3.63) is 77.9 Å². The second-order valence-electron chi connectivity index (χ2n) is 5.81. The van der Waals surface area contributed by atoms with Crippen LogP contribution >= 0.6 is 0 Å². The van der Waals surface area contributed by atoms with Crippen LogP contribution in [0.25, 0.3) is 11.3 Å². The van der Waals surface area contributed by atoms with Gasteiger partial charge >= 0.3 is 6.18 Å². The van der Waals surface area contributed by atoms with Gasteiger partial charge in [-0.15, -0.1) is 10.2 Å². The van der Waals surface area contributed by atoms with Gasteiger partial charge in [0.2, 0.25) is 5.88 Å². The van der Waals surface area contributed by atoms with Crippen molar-refractivity contribution in [1.29, 1.82) is 0 Å². The maximum absolute atomic E-state index is 12.7. The predicted octanol–water partition coefficient (Wildman–Crippen LogP) is 3.97. The number of benzene rings is 2. The third kappa shape index (κ3) is 5.06. The molecule has 3 rings (SSSR count). The lowest BCUT2D eigenvalue weighted by Crippen LogP contribution is -2.28. The fraction of sp³-hybridized carbons (Fsp3) is 0.150. The monoisotopic (exact) mass is 387 g/mol. The van der Waals surface area contributed by atoms with E-state index in [-0.39, 0.29) is 24.6 Å². The summed E-state index contributed by atoms with van der Waals surface area (Å²) >= 11 is 0. The molecule has 0 fully saturated rings. The predicted molar refractivity (Wildman–Crippen MR) is 96.7 cm³/mol. The number of carbonyl (C=O) groups excluding carboxylic acids is 1. The van der Waals surface area contributed by atoms with E-state index in [1.54, 1.807) is 12.1 Å². The Morgan fingerprint density at radius 2 is 1.75 bits per heavy atom. The second-order valence-corrected chi connectivity index (χ2v) is 5.81. The molecule has 8 heteroatoms. The number of nitrogens with zero attached hydrogens (tertiary/aromatic N) is 2. The van der Waals surface area contributed by atoms with E-state index in [4.69, 9.17) is 4.74 Å². The number of ether oxygens (including phenoxy) is 1. The molecule has 2 aromatic carbocycles. The highest BCUT2D eigenvalue weighted by Gasteiger charge is 2.30. The SMILES string of the molecule is O=C(NCCOc1ccc(-c2ccccc2)nn1)c1cccc(C(F)(F)F)c1. The molecule has 0 saturated heterocycles. The number of hydrogen-bond acceptors (Lipinski definition) is 4. The van der Waals surface area contributed by atoms with Crippen LogP contribution in [0.5, 0.6) is 5.88 Å². The first-order chi connectivity index (χ1) is 13.4. The zero-order valence-corrected chi connectivity index (χ0v) is 14.6. The van der Waals surface area contributed by atoms with Gasteiger partial charge in [0, 0.05) is 17.2 Å². The van der Waals surface area contributed by atoms with E-state index < -0.39 is 17.6 Å². The summed E-state index contributed by atoms with van der Waals surface area (Å²) in [6, 6.07) is 17.2. The molecule has 3 aromatic rings. The smallest absolute Gasteiger partial charge is 0.416 e. The summed E-state index contributed by atoms with van der Waals surface area (Å²) in [5.74, 6) is -0.326. The molecule has 0 spiro atoms. The van der Waals surface area contributed by atoms with E-state index in [0.717, 1.165) is 17.7 Å². The van der Waals surface area contributed by atoms with E-state index in [1.807, 2.05) is 30.3 Å². The Hall–Kier alpha value is -3.42. The van der Waals surface area contributed by atoms with Crippen LogP contribution in [0, 0.1) is 0 Å². The van der Waals surface area contributed by atoms with Crippen molar-refractivity contribution in [1.82, 2.24) is 15.5 Å². The molecule has 1 amide bonds. The van der Waals surface area contributed by atoms with Crippen LogP contribution in [-0.4, -0.2) is 29.3 Å².